The number of rotatable bonds is 10. The number of halogens is 1. The number of aromatic nitrogens is 6. The summed E-state index contributed by atoms with van der Waals surface area (Å²) in [5.41, 5.74) is 19.3. The summed E-state index contributed by atoms with van der Waals surface area (Å²) in [5.74, 6) is 2.25. The lowest BCUT2D eigenvalue weighted by Crippen LogP contribution is -2.26. The number of likely N-dealkylation sites (tertiary alicyclic amines) is 2. The van der Waals surface area contributed by atoms with Gasteiger partial charge < -0.3 is 30.7 Å². The lowest BCUT2D eigenvalue weighted by molar-refractivity contribution is -0.125. The van der Waals surface area contributed by atoms with Crippen LogP contribution in [0.5, 0.6) is 11.5 Å². The minimum Gasteiger partial charge on any atom is -0.495 e. The van der Waals surface area contributed by atoms with Crippen molar-refractivity contribution < 1.29 is 19.1 Å². The van der Waals surface area contributed by atoms with Crippen molar-refractivity contribution in [3.63, 3.8) is 0 Å². The van der Waals surface area contributed by atoms with Crippen LogP contribution in [0.4, 0.5) is 11.6 Å². The summed E-state index contributed by atoms with van der Waals surface area (Å²) in [6.45, 7) is 6.05. The van der Waals surface area contributed by atoms with Crippen molar-refractivity contribution in [2.24, 2.45) is 0 Å². The molecule has 0 bridgehead atoms. The highest BCUT2D eigenvalue weighted by Gasteiger charge is 2.32. The van der Waals surface area contributed by atoms with E-state index in [2.05, 4.69) is 57.1 Å². The minimum atomic E-state index is -0.0739. The monoisotopic (exact) mass is 884 g/mol. The molecule has 2 aromatic carbocycles. The van der Waals surface area contributed by atoms with Gasteiger partial charge in [-0.3, -0.25) is 9.59 Å². The number of hydrogen-bond donors (Lipinski definition) is 2. The number of carbonyl (C=O) groups is 2. The smallest absolute Gasteiger partial charge is 0.246 e. The largest absolute Gasteiger partial charge is 0.495 e. The molecule has 62 heavy (non-hydrogen) atoms. The number of nitrogens with zero attached hydrogens (tertiary/aromatic N) is 8. The van der Waals surface area contributed by atoms with Crippen molar-refractivity contribution in [1.82, 2.24) is 39.0 Å². The van der Waals surface area contributed by atoms with E-state index < -0.39 is 0 Å². The fraction of sp³-hybridized carbons (Fsp3) is 0.244. The molecule has 10 rings (SSSR count). The van der Waals surface area contributed by atoms with E-state index in [1.165, 1.54) is 18.7 Å². The summed E-state index contributed by atoms with van der Waals surface area (Å²) in [4.78, 5) is 40.3. The molecule has 14 nitrogen and oxygen atoms in total. The first kappa shape index (κ1) is 39.6. The number of allylic oxidation sites excluding steroid dienone is 1. The molecule has 2 fully saturated rings. The summed E-state index contributed by atoms with van der Waals surface area (Å²) in [6, 6.07) is 16.4. The van der Waals surface area contributed by atoms with Crippen LogP contribution in [-0.2, 0) is 16.0 Å². The van der Waals surface area contributed by atoms with Crippen LogP contribution in [0.25, 0.3) is 52.1 Å². The highest BCUT2D eigenvalue weighted by atomic mass is 35.5. The third-order valence-corrected chi connectivity index (χ3v) is 14.6. The SMILES string of the molecule is C=CC(=O)N1CCC(c2cc(-c3cc4cc(C/C=C/C(=O)N5CCC(c6cc(-c7cc8cc(Cl)cc(OC)c8s7)c7c(N)ncnn67)C5)cc(OC)c4s3)c3c(N)ncnn23)C1. The Morgan fingerprint density at radius 3 is 1.85 bits per heavy atom. The molecule has 4 N–H and O–H groups in total. The normalized spacial score (nSPS) is 16.8. The van der Waals surface area contributed by atoms with E-state index in [0.717, 1.165) is 87.6 Å². The Bertz CT molecular complexity index is 3150. The van der Waals surface area contributed by atoms with Crippen molar-refractivity contribution in [1.29, 1.82) is 0 Å². The molecule has 17 heteroatoms. The van der Waals surface area contributed by atoms with Gasteiger partial charge in [0.05, 0.1) is 23.6 Å². The number of fused-ring (bicyclic) bond motifs is 4. The Kier molecular flexibility index (Phi) is 10.1. The van der Waals surface area contributed by atoms with Gasteiger partial charge in [-0.05, 0) is 90.2 Å². The predicted octanol–water partition coefficient (Wildman–Crippen LogP) is 7.99. The molecule has 2 atom stereocenters. The van der Waals surface area contributed by atoms with Crippen molar-refractivity contribution in [3.8, 4) is 32.4 Å². The zero-order valence-corrected chi connectivity index (χ0v) is 36.3. The number of carbonyl (C=O) groups excluding carboxylic acids is 2. The first-order valence-electron chi connectivity index (χ1n) is 20.1. The summed E-state index contributed by atoms with van der Waals surface area (Å²) >= 11 is 9.61. The third-order valence-electron chi connectivity index (χ3n) is 12.0. The molecule has 2 saturated heterocycles. The number of thiophene rings is 2. The van der Waals surface area contributed by atoms with Gasteiger partial charge >= 0.3 is 0 Å². The molecule has 2 aliphatic rings. The Morgan fingerprint density at radius 1 is 0.774 bits per heavy atom. The first-order chi connectivity index (χ1) is 30.1. The van der Waals surface area contributed by atoms with Gasteiger partial charge in [0, 0.05) is 81.4 Å². The summed E-state index contributed by atoms with van der Waals surface area (Å²) in [6.07, 6.45) is 10.0. The molecule has 0 saturated carbocycles. The van der Waals surface area contributed by atoms with Gasteiger partial charge in [0.1, 0.15) is 35.2 Å². The maximum Gasteiger partial charge on any atom is 0.246 e. The fourth-order valence-corrected chi connectivity index (χ4v) is 11.5. The van der Waals surface area contributed by atoms with E-state index in [1.807, 2.05) is 43.1 Å². The molecular weight excluding hydrogens is 844 g/mol. The number of ether oxygens (including phenoxy) is 2. The molecule has 6 aromatic heterocycles. The minimum absolute atomic E-state index is 0.0440. The summed E-state index contributed by atoms with van der Waals surface area (Å²) in [7, 11) is 3.31. The molecule has 0 aliphatic carbocycles. The van der Waals surface area contributed by atoms with E-state index in [-0.39, 0.29) is 23.7 Å². The van der Waals surface area contributed by atoms with E-state index in [4.69, 9.17) is 32.5 Å². The molecule has 314 valence electrons. The van der Waals surface area contributed by atoms with Gasteiger partial charge in [0.2, 0.25) is 11.8 Å². The molecule has 2 amide bonds. The third kappa shape index (κ3) is 6.78. The predicted molar refractivity (Wildman–Crippen MR) is 245 cm³/mol. The number of methoxy groups -OCH3 is 2. The van der Waals surface area contributed by atoms with E-state index in [0.29, 0.717) is 55.0 Å². The number of anilines is 2. The van der Waals surface area contributed by atoms with Crippen molar-refractivity contribution in [3.05, 3.63) is 108 Å². The van der Waals surface area contributed by atoms with Gasteiger partial charge in [0.25, 0.3) is 0 Å². The van der Waals surface area contributed by atoms with Gasteiger partial charge in [0.15, 0.2) is 11.6 Å². The molecule has 2 unspecified atom stereocenters. The van der Waals surface area contributed by atoms with Crippen LogP contribution in [0, 0.1) is 0 Å². The van der Waals surface area contributed by atoms with Crippen LogP contribution in [0.15, 0.2) is 86.0 Å². The number of benzene rings is 2. The van der Waals surface area contributed by atoms with Crippen LogP contribution in [-0.4, -0.2) is 91.2 Å². The topological polar surface area (TPSA) is 171 Å². The second-order valence-corrected chi connectivity index (χ2v) is 18.1. The van der Waals surface area contributed by atoms with Crippen molar-refractivity contribution in [2.75, 3.05) is 51.9 Å². The maximum absolute atomic E-state index is 13.6. The molecular formula is C45H41ClN10O4S2. The first-order valence-corrected chi connectivity index (χ1v) is 22.1. The zero-order valence-electron chi connectivity index (χ0n) is 33.9. The second kappa shape index (κ2) is 15.8. The maximum atomic E-state index is 13.6. The lowest BCUT2D eigenvalue weighted by atomic mass is 10.0. The Morgan fingerprint density at radius 2 is 1.31 bits per heavy atom. The standard InChI is InChI=1S/C45H41ClN10O4S2/c1-4-38(57)53-10-8-25(20-53)32-18-30(40-44(47)49-22-51-55(32)40)36-15-27-12-24(13-34(59-2)42(27)61-36)6-5-7-39(58)54-11-9-26(21-54)33-19-31(41-45(48)50-23-52-56(33)41)37-16-28-14-29(46)17-35(60-3)43(28)62-37/h4-5,7,12-19,22-23,25-26H,1,6,8-11,20-21H2,2-3H3,(H2,47,49,51)(H2,48,50,52)/b7-5+. The molecule has 8 aromatic rings. The average Bonchev–Trinajstić information content (AvgIpc) is 4.13. The van der Waals surface area contributed by atoms with Gasteiger partial charge in [-0.2, -0.15) is 10.2 Å². The Hall–Kier alpha value is -6.49. The second-order valence-electron chi connectivity index (χ2n) is 15.6. The highest BCUT2D eigenvalue weighted by molar-refractivity contribution is 7.23. The fourth-order valence-electron chi connectivity index (χ4n) is 9.03. The number of nitrogen functional groups attached to an aromatic ring is 2. The highest BCUT2D eigenvalue weighted by Crippen LogP contribution is 2.46. The summed E-state index contributed by atoms with van der Waals surface area (Å²) in [5, 5.41) is 11.8. The van der Waals surface area contributed by atoms with Gasteiger partial charge in [-0.15, -0.1) is 22.7 Å². The van der Waals surface area contributed by atoms with Crippen LogP contribution in [0.2, 0.25) is 5.02 Å². The van der Waals surface area contributed by atoms with Crippen LogP contribution in [0.3, 0.4) is 0 Å². The van der Waals surface area contributed by atoms with Crippen molar-refractivity contribution in [2.45, 2.75) is 31.1 Å². The lowest BCUT2D eigenvalue weighted by Gasteiger charge is -2.14. The molecule has 8 heterocycles. The van der Waals surface area contributed by atoms with E-state index in [9.17, 15) is 9.59 Å². The number of nitrogens with two attached hydrogens (primary N) is 2. The quantitative estimate of drug-likeness (QED) is 0.128. The van der Waals surface area contributed by atoms with E-state index in [1.54, 1.807) is 43.0 Å². The number of amides is 2. The van der Waals surface area contributed by atoms with Gasteiger partial charge in [-0.1, -0.05) is 24.3 Å². The number of hydrogen-bond acceptors (Lipinski definition) is 12. The summed E-state index contributed by atoms with van der Waals surface area (Å²) < 4.78 is 17.3. The Balaban J connectivity index is 0.874. The molecule has 0 radical (unpaired) electrons. The van der Waals surface area contributed by atoms with Crippen molar-refractivity contribution >= 4 is 88.9 Å². The van der Waals surface area contributed by atoms with Crippen LogP contribution >= 0.6 is 34.3 Å². The molecule has 0 spiro atoms. The molecule has 2 aliphatic heterocycles. The van der Waals surface area contributed by atoms with Gasteiger partial charge in [-0.25, -0.2) is 19.0 Å². The van der Waals surface area contributed by atoms with Crippen LogP contribution in [0.1, 0.15) is 41.6 Å². The zero-order chi connectivity index (χ0) is 42.8. The Labute approximate surface area is 368 Å². The van der Waals surface area contributed by atoms with E-state index >= 15 is 0 Å². The van der Waals surface area contributed by atoms with Crippen LogP contribution < -0.4 is 20.9 Å². The average molecular weight is 885 g/mol.